The number of carbonyl (C=O) groups excluding carboxylic acids is 1. The van der Waals surface area contributed by atoms with Crippen molar-refractivity contribution in [2.75, 3.05) is 6.54 Å². The summed E-state index contributed by atoms with van der Waals surface area (Å²) in [5.41, 5.74) is 5.65. The Morgan fingerprint density at radius 3 is 2.64 bits per heavy atom. The predicted molar refractivity (Wildman–Crippen MR) is 107 cm³/mol. The quantitative estimate of drug-likeness (QED) is 0.784. The molecule has 0 bridgehead atoms. The van der Waals surface area contributed by atoms with E-state index in [4.69, 9.17) is 22.1 Å². The van der Waals surface area contributed by atoms with Crippen LogP contribution in [0.1, 0.15) is 37.8 Å². The Balaban J connectivity index is 2.15. The standard InChI is InChI=1S/C21H23ClFN3O2/c1-14(2)20(27)26-21(11-6-12-24,15-7-4-3-5-8-15)28-19(25-26)17-13-16(23)9-10-18(17)22/h3-5,7-10,13-14H,6,11-12,24H2,1-2H3. The molecule has 0 spiro atoms. The summed E-state index contributed by atoms with van der Waals surface area (Å²) in [4.78, 5) is 13.0. The molecule has 2 aromatic rings. The summed E-state index contributed by atoms with van der Waals surface area (Å²) in [6, 6.07) is 13.3. The minimum Gasteiger partial charge on any atom is -0.443 e. The van der Waals surface area contributed by atoms with Crippen molar-refractivity contribution in [3.05, 3.63) is 70.5 Å². The van der Waals surface area contributed by atoms with E-state index in [0.29, 0.717) is 30.0 Å². The smallest absolute Gasteiger partial charge is 0.249 e. The average molecular weight is 404 g/mol. The molecule has 1 atom stereocenters. The summed E-state index contributed by atoms with van der Waals surface area (Å²) in [6.07, 6.45) is 1.04. The van der Waals surface area contributed by atoms with E-state index < -0.39 is 11.5 Å². The first-order valence-corrected chi connectivity index (χ1v) is 9.59. The van der Waals surface area contributed by atoms with E-state index in [1.54, 1.807) is 13.8 Å². The van der Waals surface area contributed by atoms with Crippen molar-refractivity contribution in [1.82, 2.24) is 5.01 Å². The molecule has 1 unspecified atom stereocenters. The summed E-state index contributed by atoms with van der Waals surface area (Å²) in [7, 11) is 0. The molecule has 2 aromatic carbocycles. The van der Waals surface area contributed by atoms with Crippen molar-refractivity contribution in [3.8, 4) is 0 Å². The van der Waals surface area contributed by atoms with Crippen LogP contribution in [0, 0.1) is 11.7 Å². The van der Waals surface area contributed by atoms with E-state index in [1.807, 2.05) is 30.3 Å². The number of amides is 1. The average Bonchev–Trinajstić information content (AvgIpc) is 3.08. The summed E-state index contributed by atoms with van der Waals surface area (Å²) < 4.78 is 20.1. The van der Waals surface area contributed by atoms with E-state index in [-0.39, 0.29) is 17.7 Å². The van der Waals surface area contributed by atoms with Crippen molar-refractivity contribution in [3.63, 3.8) is 0 Å². The molecule has 1 amide bonds. The first-order chi connectivity index (χ1) is 13.4. The van der Waals surface area contributed by atoms with E-state index in [2.05, 4.69) is 5.10 Å². The maximum absolute atomic E-state index is 13.8. The van der Waals surface area contributed by atoms with Crippen LogP contribution in [0.3, 0.4) is 0 Å². The van der Waals surface area contributed by atoms with Gasteiger partial charge in [-0.25, -0.2) is 4.39 Å². The fourth-order valence-corrected chi connectivity index (χ4v) is 3.36. The van der Waals surface area contributed by atoms with Gasteiger partial charge in [0.1, 0.15) is 5.82 Å². The zero-order valence-corrected chi connectivity index (χ0v) is 16.6. The number of hydrazone groups is 1. The largest absolute Gasteiger partial charge is 0.443 e. The Kier molecular flexibility index (Phi) is 6.01. The Hall–Kier alpha value is -2.44. The summed E-state index contributed by atoms with van der Waals surface area (Å²) >= 11 is 6.26. The topological polar surface area (TPSA) is 67.9 Å². The van der Waals surface area contributed by atoms with Crippen molar-refractivity contribution in [1.29, 1.82) is 0 Å². The first kappa shape index (κ1) is 20.3. The van der Waals surface area contributed by atoms with Crippen LogP contribution in [-0.4, -0.2) is 23.4 Å². The molecular weight excluding hydrogens is 381 g/mol. The first-order valence-electron chi connectivity index (χ1n) is 9.22. The van der Waals surface area contributed by atoms with Gasteiger partial charge in [0.25, 0.3) is 0 Å². The fourth-order valence-electron chi connectivity index (χ4n) is 3.16. The summed E-state index contributed by atoms with van der Waals surface area (Å²) in [5.74, 6) is -0.870. The Morgan fingerprint density at radius 1 is 1.29 bits per heavy atom. The van der Waals surface area contributed by atoms with Crippen LogP contribution in [0.2, 0.25) is 5.02 Å². The van der Waals surface area contributed by atoms with Crippen LogP contribution < -0.4 is 5.73 Å². The fraction of sp³-hybridized carbons (Fsp3) is 0.333. The molecule has 0 aliphatic carbocycles. The summed E-state index contributed by atoms with van der Waals surface area (Å²) in [6.45, 7) is 4.02. The molecule has 7 heteroatoms. The van der Waals surface area contributed by atoms with Crippen molar-refractivity contribution < 1.29 is 13.9 Å². The lowest BCUT2D eigenvalue weighted by molar-refractivity contribution is -0.156. The highest BCUT2D eigenvalue weighted by Gasteiger charge is 2.50. The normalized spacial score (nSPS) is 18.9. The number of nitrogens with zero attached hydrogens (tertiary/aromatic N) is 2. The number of hydrogen-bond acceptors (Lipinski definition) is 4. The van der Waals surface area contributed by atoms with Gasteiger partial charge >= 0.3 is 0 Å². The number of hydrogen-bond donors (Lipinski definition) is 1. The molecule has 0 aromatic heterocycles. The SMILES string of the molecule is CC(C)C(=O)N1N=C(c2cc(F)ccc2Cl)OC1(CCCN)c1ccccc1. The Bertz CT molecular complexity index is 888. The maximum atomic E-state index is 13.8. The predicted octanol–water partition coefficient (Wildman–Crippen LogP) is 4.25. The van der Waals surface area contributed by atoms with Gasteiger partial charge in [0, 0.05) is 17.9 Å². The van der Waals surface area contributed by atoms with E-state index in [1.165, 1.54) is 23.2 Å². The lowest BCUT2D eigenvalue weighted by atomic mass is 9.95. The number of halogens is 2. The van der Waals surface area contributed by atoms with Gasteiger partial charge in [-0.05, 0) is 31.2 Å². The molecule has 0 saturated heterocycles. The van der Waals surface area contributed by atoms with E-state index in [9.17, 15) is 9.18 Å². The lowest BCUT2D eigenvalue weighted by Gasteiger charge is -2.36. The van der Waals surface area contributed by atoms with Crippen LogP contribution in [0.25, 0.3) is 0 Å². The highest BCUT2D eigenvalue weighted by atomic mass is 35.5. The Morgan fingerprint density at radius 2 is 2.00 bits per heavy atom. The van der Waals surface area contributed by atoms with Crippen LogP contribution >= 0.6 is 11.6 Å². The van der Waals surface area contributed by atoms with Crippen molar-refractivity contribution >= 4 is 23.4 Å². The zero-order chi connectivity index (χ0) is 20.3. The molecule has 0 radical (unpaired) electrons. The van der Waals surface area contributed by atoms with Gasteiger partial charge in [-0.15, -0.1) is 5.10 Å². The van der Waals surface area contributed by atoms with Gasteiger partial charge in [0.05, 0.1) is 10.6 Å². The molecule has 0 fully saturated rings. The zero-order valence-electron chi connectivity index (χ0n) is 15.9. The molecular formula is C21H23ClFN3O2. The monoisotopic (exact) mass is 403 g/mol. The van der Waals surface area contributed by atoms with Crippen molar-refractivity contribution in [2.24, 2.45) is 16.8 Å². The van der Waals surface area contributed by atoms with Gasteiger partial charge in [-0.1, -0.05) is 55.8 Å². The third-order valence-electron chi connectivity index (χ3n) is 4.60. The van der Waals surface area contributed by atoms with E-state index in [0.717, 1.165) is 5.56 Å². The van der Waals surface area contributed by atoms with Crippen LogP contribution in [-0.2, 0) is 15.3 Å². The van der Waals surface area contributed by atoms with Crippen molar-refractivity contribution in [2.45, 2.75) is 32.4 Å². The molecule has 148 valence electrons. The van der Waals surface area contributed by atoms with Gasteiger partial charge in [-0.3, -0.25) is 4.79 Å². The molecule has 3 rings (SSSR count). The number of nitrogens with two attached hydrogens (primary N) is 1. The lowest BCUT2D eigenvalue weighted by Crippen LogP contribution is -2.46. The number of carbonyl (C=O) groups is 1. The number of ether oxygens (including phenoxy) is 1. The summed E-state index contributed by atoms with van der Waals surface area (Å²) in [5, 5.41) is 6.10. The van der Waals surface area contributed by atoms with Gasteiger partial charge in [-0.2, -0.15) is 5.01 Å². The van der Waals surface area contributed by atoms with Gasteiger partial charge in [0.2, 0.25) is 17.5 Å². The molecule has 1 aliphatic rings. The van der Waals surface area contributed by atoms with Crippen LogP contribution in [0.5, 0.6) is 0 Å². The molecule has 0 saturated carbocycles. The third-order valence-corrected chi connectivity index (χ3v) is 4.93. The van der Waals surface area contributed by atoms with E-state index >= 15 is 0 Å². The van der Waals surface area contributed by atoms with Gasteiger partial charge in [0.15, 0.2) is 0 Å². The highest BCUT2D eigenvalue weighted by Crippen LogP contribution is 2.42. The molecule has 2 N–H and O–H groups in total. The van der Waals surface area contributed by atoms with Gasteiger partial charge < -0.3 is 10.5 Å². The second-order valence-corrected chi connectivity index (χ2v) is 7.39. The molecule has 1 aliphatic heterocycles. The molecule has 1 heterocycles. The second-order valence-electron chi connectivity index (χ2n) is 6.98. The molecule has 5 nitrogen and oxygen atoms in total. The minimum absolute atomic E-state index is 0.111. The van der Waals surface area contributed by atoms with Crippen LogP contribution in [0.4, 0.5) is 4.39 Å². The van der Waals surface area contributed by atoms with Crippen LogP contribution in [0.15, 0.2) is 53.6 Å². The Labute approximate surface area is 168 Å². The maximum Gasteiger partial charge on any atom is 0.249 e. The second kappa shape index (κ2) is 8.29. The highest BCUT2D eigenvalue weighted by molar-refractivity contribution is 6.33. The number of rotatable bonds is 6. The third kappa shape index (κ3) is 3.75. The number of benzene rings is 2. The molecule has 28 heavy (non-hydrogen) atoms. The minimum atomic E-state index is -1.16.